The topological polar surface area (TPSA) is 15.3 Å². The second-order valence-corrected chi connectivity index (χ2v) is 5.82. The number of nitrogens with one attached hydrogen (secondary N) is 1. The molecule has 0 aliphatic heterocycles. The van der Waals surface area contributed by atoms with E-state index in [-0.39, 0.29) is 0 Å². The zero-order valence-electron chi connectivity index (χ0n) is 13.3. The van der Waals surface area contributed by atoms with Gasteiger partial charge in [-0.1, -0.05) is 18.2 Å². The molecule has 0 saturated heterocycles. The van der Waals surface area contributed by atoms with Crippen LogP contribution in [0.5, 0.6) is 0 Å². The molecule has 0 spiro atoms. The van der Waals surface area contributed by atoms with E-state index in [9.17, 15) is 0 Å². The molecule has 0 amide bonds. The number of hydrogen-bond acceptors (Lipinski definition) is 2. The molecule has 0 unspecified atom stereocenters. The van der Waals surface area contributed by atoms with E-state index in [2.05, 4.69) is 63.2 Å². The Hall–Kier alpha value is -0.860. The number of hydrogen-bond donors (Lipinski definition) is 1. The lowest BCUT2D eigenvalue weighted by atomic mass is 10.0. The van der Waals surface area contributed by atoms with E-state index in [1.54, 1.807) is 0 Å². The van der Waals surface area contributed by atoms with Gasteiger partial charge in [0.2, 0.25) is 0 Å². The van der Waals surface area contributed by atoms with E-state index in [1.807, 2.05) is 0 Å². The van der Waals surface area contributed by atoms with Gasteiger partial charge >= 0.3 is 0 Å². The van der Waals surface area contributed by atoms with Gasteiger partial charge in [-0.05, 0) is 77.4 Å². The van der Waals surface area contributed by atoms with Gasteiger partial charge in [0.05, 0.1) is 0 Å². The number of rotatable bonds is 8. The van der Waals surface area contributed by atoms with Crippen LogP contribution >= 0.6 is 0 Å². The SMILES string of the molecule is Cc1cccc(CNCCCCN(C)C(C)C)c1C. The Labute approximate surface area is 119 Å². The number of benzene rings is 1. The number of unbranched alkanes of at least 4 members (excludes halogenated alkanes) is 1. The first-order valence-electron chi connectivity index (χ1n) is 7.48. The van der Waals surface area contributed by atoms with Crippen LogP contribution in [-0.2, 0) is 6.54 Å². The van der Waals surface area contributed by atoms with Crippen molar-refractivity contribution in [3.8, 4) is 0 Å². The third kappa shape index (κ3) is 5.75. The molecular weight excluding hydrogens is 232 g/mol. The molecule has 2 nitrogen and oxygen atoms in total. The molecule has 2 heteroatoms. The van der Waals surface area contributed by atoms with Gasteiger partial charge in [0.15, 0.2) is 0 Å². The maximum absolute atomic E-state index is 3.55. The van der Waals surface area contributed by atoms with Crippen molar-refractivity contribution in [2.45, 2.75) is 53.1 Å². The van der Waals surface area contributed by atoms with Crippen LogP contribution in [0.25, 0.3) is 0 Å². The molecule has 1 rings (SSSR count). The number of nitrogens with zero attached hydrogens (tertiary/aromatic N) is 1. The second-order valence-electron chi connectivity index (χ2n) is 5.82. The summed E-state index contributed by atoms with van der Waals surface area (Å²) in [5, 5.41) is 3.55. The van der Waals surface area contributed by atoms with E-state index in [1.165, 1.54) is 36.1 Å². The average molecular weight is 262 g/mol. The summed E-state index contributed by atoms with van der Waals surface area (Å²) >= 11 is 0. The smallest absolute Gasteiger partial charge is 0.0208 e. The molecule has 1 N–H and O–H groups in total. The highest BCUT2D eigenvalue weighted by Gasteiger charge is 2.02. The van der Waals surface area contributed by atoms with Gasteiger partial charge in [-0.3, -0.25) is 0 Å². The molecule has 0 aliphatic rings. The third-order valence-corrected chi connectivity index (χ3v) is 4.03. The van der Waals surface area contributed by atoms with Crippen molar-refractivity contribution in [1.82, 2.24) is 10.2 Å². The molecule has 0 bridgehead atoms. The van der Waals surface area contributed by atoms with Gasteiger partial charge in [-0.25, -0.2) is 0 Å². The van der Waals surface area contributed by atoms with Crippen LogP contribution in [0.1, 0.15) is 43.4 Å². The van der Waals surface area contributed by atoms with E-state index < -0.39 is 0 Å². The summed E-state index contributed by atoms with van der Waals surface area (Å²) in [6.45, 7) is 12.2. The Morgan fingerprint density at radius 3 is 2.58 bits per heavy atom. The Morgan fingerprint density at radius 1 is 1.16 bits per heavy atom. The zero-order valence-corrected chi connectivity index (χ0v) is 13.3. The summed E-state index contributed by atoms with van der Waals surface area (Å²) in [5.74, 6) is 0. The van der Waals surface area contributed by atoms with Gasteiger partial charge in [0.25, 0.3) is 0 Å². The fourth-order valence-corrected chi connectivity index (χ4v) is 2.10. The molecule has 0 heterocycles. The van der Waals surface area contributed by atoms with E-state index in [0.29, 0.717) is 6.04 Å². The van der Waals surface area contributed by atoms with Crippen molar-refractivity contribution in [3.05, 3.63) is 34.9 Å². The molecular formula is C17H30N2. The molecule has 0 aromatic heterocycles. The van der Waals surface area contributed by atoms with Crippen molar-refractivity contribution >= 4 is 0 Å². The monoisotopic (exact) mass is 262 g/mol. The highest BCUT2D eigenvalue weighted by molar-refractivity contribution is 5.32. The Morgan fingerprint density at radius 2 is 1.89 bits per heavy atom. The Kier molecular flexibility index (Phi) is 7.11. The van der Waals surface area contributed by atoms with Gasteiger partial charge in [0, 0.05) is 12.6 Å². The summed E-state index contributed by atoms with van der Waals surface area (Å²) in [4.78, 5) is 2.41. The highest BCUT2D eigenvalue weighted by atomic mass is 15.1. The lowest BCUT2D eigenvalue weighted by molar-refractivity contribution is 0.268. The van der Waals surface area contributed by atoms with Gasteiger partial charge in [-0.15, -0.1) is 0 Å². The zero-order chi connectivity index (χ0) is 14.3. The second kappa shape index (κ2) is 8.34. The molecule has 0 saturated carbocycles. The molecule has 19 heavy (non-hydrogen) atoms. The quantitative estimate of drug-likeness (QED) is 0.721. The Bertz CT molecular complexity index is 372. The maximum atomic E-state index is 3.55. The van der Waals surface area contributed by atoms with E-state index >= 15 is 0 Å². The molecule has 0 radical (unpaired) electrons. The fraction of sp³-hybridized carbons (Fsp3) is 0.647. The fourth-order valence-electron chi connectivity index (χ4n) is 2.10. The average Bonchev–Trinajstić information content (AvgIpc) is 2.37. The van der Waals surface area contributed by atoms with Crippen molar-refractivity contribution in [2.75, 3.05) is 20.1 Å². The Balaban J connectivity index is 2.16. The van der Waals surface area contributed by atoms with E-state index in [4.69, 9.17) is 0 Å². The predicted octanol–water partition coefficient (Wildman–Crippen LogP) is 3.51. The molecule has 1 aromatic carbocycles. The van der Waals surface area contributed by atoms with Crippen LogP contribution in [0.15, 0.2) is 18.2 Å². The normalized spacial score (nSPS) is 11.5. The summed E-state index contributed by atoms with van der Waals surface area (Å²) < 4.78 is 0. The summed E-state index contributed by atoms with van der Waals surface area (Å²) in [7, 11) is 2.20. The lowest BCUT2D eigenvalue weighted by Crippen LogP contribution is -2.27. The standard InChI is InChI=1S/C17H30N2/c1-14(2)19(5)12-7-6-11-18-13-17-10-8-9-15(3)16(17)4/h8-10,14,18H,6-7,11-13H2,1-5H3. The van der Waals surface area contributed by atoms with Crippen molar-refractivity contribution in [1.29, 1.82) is 0 Å². The highest BCUT2D eigenvalue weighted by Crippen LogP contribution is 2.12. The minimum Gasteiger partial charge on any atom is -0.313 e. The summed E-state index contributed by atoms with van der Waals surface area (Å²) in [6.07, 6.45) is 2.52. The molecule has 1 aromatic rings. The maximum Gasteiger partial charge on any atom is 0.0208 e. The summed E-state index contributed by atoms with van der Waals surface area (Å²) in [5.41, 5.74) is 4.24. The predicted molar refractivity (Wildman–Crippen MR) is 84.6 cm³/mol. The number of aryl methyl sites for hydroxylation is 1. The lowest BCUT2D eigenvalue weighted by Gasteiger charge is -2.20. The van der Waals surface area contributed by atoms with Crippen LogP contribution < -0.4 is 5.32 Å². The van der Waals surface area contributed by atoms with Gasteiger partial charge in [-0.2, -0.15) is 0 Å². The van der Waals surface area contributed by atoms with Gasteiger partial charge in [0.1, 0.15) is 0 Å². The van der Waals surface area contributed by atoms with Crippen molar-refractivity contribution < 1.29 is 0 Å². The van der Waals surface area contributed by atoms with Crippen LogP contribution in [0.4, 0.5) is 0 Å². The van der Waals surface area contributed by atoms with Crippen molar-refractivity contribution in [3.63, 3.8) is 0 Å². The first-order chi connectivity index (χ1) is 9.02. The third-order valence-electron chi connectivity index (χ3n) is 4.03. The molecule has 0 fully saturated rings. The van der Waals surface area contributed by atoms with Crippen LogP contribution in [0.3, 0.4) is 0 Å². The van der Waals surface area contributed by atoms with E-state index in [0.717, 1.165) is 13.1 Å². The first kappa shape index (κ1) is 16.2. The van der Waals surface area contributed by atoms with Gasteiger partial charge < -0.3 is 10.2 Å². The van der Waals surface area contributed by atoms with Crippen LogP contribution in [-0.4, -0.2) is 31.1 Å². The molecule has 0 aliphatic carbocycles. The summed E-state index contributed by atoms with van der Waals surface area (Å²) in [6, 6.07) is 7.21. The minimum absolute atomic E-state index is 0.655. The van der Waals surface area contributed by atoms with Crippen LogP contribution in [0, 0.1) is 13.8 Å². The first-order valence-corrected chi connectivity index (χ1v) is 7.48. The minimum atomic E-state index is 0.655. The largest absolute Gasteiger partial charge is 0.313 e. The van der Waals surface area contributed by atoms with Crippen molar-refractivity contribution in [2.24, 2.45) is 0 Å². The molecule has 0 atom stereocenters. The van der Waals surface area contributed by atoms with Crippen LogP contribution in [0.2, 0.25) is 0 Å². The molecule has 108 valence electrons.